The van der Waals surface area contributed by atoms with Crippen LogP contribution in [0.1, 0.15) is 65.9 Å². The van der Waals surface area contributed by atoms with Crippen LogP contribution in [0.5, 0.6) is 5.75 Å². The third kappa shape index (κ3) is 7.22. The fourth-order valence-electron chi connectivity index (χ4n) is 3.67. The van der Waals surface area contributed by atoms with Gasteiger partial charge < -0.3 is 19.9 Å². The number of nitrogens with one attached hydrogen (secondary N) is 1. The minimum atomic E-state index is -0.00235. The van der Waals surface area contributed by atoms with Gasteiger partial charge in [0, 0.05) is 38.6 Å². The fourth-order valence-corrected chi connectivity index (χ4v) is 3.67. The second-order valence-electron chi connectivity index (χ2n) is 9.00. The largest absolute Gasteiger partial charge is 0.494 e. The Morgan fingerprint density at radius 1 is 1.10 bits per heavy atom. The number of benzene rings is 1. The van der Waals surface area contributed by atoms with E-state index in [4.69, 9.17) is 4.74 Å². The Morgan fingerprint density at radius 2 is 1.70 bits per heavy atom. The molecule has 168 valence electrons. The summed E-state index contributed by atoms with van der Waals surface area (Å²) in [5.74, 6) is 1.02. The summed E-state index contributed by atoms with van der Waals surface area (Å²) in [5, 5.41) is 3.09. The predicted octanol–water partition coefficient (Wildman–Crippen LogP) is 4.19. The minimum Gasteiger partial charge on any atom is -0.494 e. The molecule has 6 heteroatoms. The van der Waals surface area contributed by atoms with Crippen LogP contribution >= 0.6 is 0 Å². The van der Waals surface area contributed by atoms with Crippen LogP contribution in [0.15, 0.2) is 24.3 Å². The molecule has 6 nitrogen and oxygen atoms in total. The molecule has 1 saturated heterocycles. The molecule has 0 atom stereocenters. The van der Waals surface area contributed by atoms with E-state index < -0.39 is 0 Å². The average molecular weight is 418 g/mol. The highest BCUT2D eigenvalue weighted by molar-refractivity contribution is 5.76. The number of hydrogen-bond acceptors (Lipinski definition) is 3. The van der Waals surface area contributed by atoms with E-state index in [0.29, 0.717) is 45.6 Å². The molecule has 0 saturated carbocycles. The van der Waals surface area contributed by atoms with E-state index in [-0.39, 0.29) is 23.4 Å². The van der Waals surface area contributed by atoms with Gasteiger partial charge in [0.2, 0.25) is 5.91 Å². The van der Waals surface area contributed by atoms with Gasteiger partial charge in [-0.1, -0.05) is 32.9 Å². The Hall–Kier alpha value is -2.24. The summed E-state index contributed by atoms with van der Waals surface area (Å²) in [6, 6.07) is 8.35. The molecule has 1 N–H and O–H groups in total. The summed E-state index contributed by atoms with van der Waals surface area (Å²) in [6.45, 7) is 13.9. The zero-order chi connectivity index (χ0) is 22.1. The van der Waals surface area contributed by atoms with Crippen molar-refractivity contribution < 1.29 is 14.3 Å². The van der Waals surface area contributed by atoms with E-state index >= 15 is 0 Å². The summed E-state index contributed by atoms with van der Waals surface area (Å²) in [6.07, 6.45) is 2.83. The van der Waals surface area contributed by atoms with E-state index in [0.717, 1.165) is 18.6 Å². The Morgan fingerprint density at radius 3 is 2.23 bits per heavy atom. The molecule has 0 bridgehead atoms. The average Bonchev–Trinajstić information content (AvgIpc) is 2.72. The van der Waals surface area contributed by atoms with Crippen molar-refractivity contribution in [3.05, 3.63) is 29.8 Å². The maximum absolute atomic E-state index is 12.5. The number of carbonyl (C=O) groups is 2. The van der Waals surface area contributed by atoms with Gasteiger partial charge in [0.05, 0.1) is 6.61 Å². The number of amides is 3. The van der Waals surface area contributed by atoms with Crippen LogP contribution in [0.3, 0.4) is 0 Å². The first-order chi connectivity index (χ1) is 14.2. The Bertz CT molecular complexity index is 670. The molecule has 30 heavy (non-hydrogen) atoms. The molecule has 1 heterocycles. The van der Waals surface area contributed by atoms with Gasteiger partial charge in [-0.2, -0.15) is 0 Å². The number of hydrogen-bond donors (Lipinski definition) is 1. The van der Waals surface area contributed by atoms with Gasteiger partial charge in [0.1, 0.15) is 5.75 Å². The summed E-state index contributed by atoms with van der Waals surface area (Å²) in [4.78, 5) is 28.3. The first-order valence-corrected chi connectivity index (χ1v) is 11.3. The third-order valence-electron chi connectivity index (χ3n) is 5.75. The number of rotatable bonds is 8. The molecule has 0 aliphatic carbocycles. The van der Waals surface area contributed by atoms with Crippen molar-refractivity contribution in [1.82, 2.24) is 15.1 Å². The lowest BCUT2D eigenvalue weighted by molar-refractivity contribution is -0.132. The van der Waals surface area contributed by atoms with Gasteiger partial charge in [-0.05, 0) is 56.2 Å². The van der Waals surface area contributed by atoms with Crippen LogP contribution < -0.4 is 10.1 Å². The minimum absolute atomic E-state index is 0.00235. The molecule has 1 aromatic rings. The lowest BCUT2D eigenvalue weighted by Crippen LogP contribution is -2.50. The molecule has 0 radical (unpaired) electrons. The Labute approximate surface area is 182 Å². The highest BCUT2D eigenvalue weighted by atomic mass is 16.5. The third-order valence-corrected chi connectivity index (χ3v) is 5.75. The monoisotopic (exact) mass is 417 g/mol. The Balaban J connectivity index is 1.65. The van der Waals surface area contributed by atoms with Crippen molar-refractivity contribution in [2.45, 2.75) is 71.8 Å². The lowest BCUT2D eigenvalue weighted by atomic mass is 9.87. The number of nitrogens with zero attached hydrogens (tertiary/aromatic N) is 2. The first kappa shape index (κ1) is 24.0. The molecule has 2 rings (SSSR count). The summed E-state index contributed by atoms with van der Waals surface area (Å²) in [5.41, 5.74) is 1.41. The summed E-state index contributed by atoms with van der Waals surface area (Å²) >= 11 is 0. The zero-order valence-corrected chi connectivity index (χ0v) is 19.4. The normalized spacial score (nSPS) is 15.0. The molecule has 3 amide bonds. The lowest BCUT2D eigenvalue weighted by Gasteiger charge is -2.33. The van der Waals surface area contributed by atoms with Crippen molar-refractivity contribution in [3.63, 3.8) is 0 Å². The first-order valence-electron chi connectivity index (χ1n) is 11.3. The molecular formula is C24H39N3O3. The van der Waals surface area contributed by atoms with E-state index in [1.807, 2.05) is 30.9 Å². The van der Waals surface area contributed by atoms with Crippen LogP contribution in [0.25, 0.3) is 0 Å². The number of likely N-dealkylation sites (tertiary alicyclic amines) is 1. The highest BCUT2D eigenvalue weighted by Crippen LogP contribution is 2.24. The van der Waals surface area contributed by atoms with Crippen LogP contribution in [-0.4, -0.2) is 60.6 Å². The summed E-state index contributed by atoms with van der Waals surface area (Å²) in [7, 11) is 0. The Kier molecular flexibility index (Phi) is 9.00. The topological polar surface area (TPSA) is 61.9 Å². The van der Waals surface area contributed by atoms with Gasteiger partial charge in [0.25, 0.3) is 0 Å². The number of ether oxygens (including phenoxy) is 1. The highest BCUT2D eigenvalue weighted by Gasteiger charge is 2.24. The van der Waals surface area contributed by atoms with E-state index in [1.54, 1.807) is 4.90 Å². The fraction of sp³-hybridized carbons (Fsp3) is 0.667. The SMILES string of the molecule is CCN(CC)C(=O)NC1CCN(C(=O)CCCOc2ccc(C(C)(C)C)cc2)CC1. The number of carbonyl (C=O) groups excluding carboxylic acids is 2. The standard InChI is InChI=1S/C24H39N3O3/c1-6-26(7-2)23(29)25-20-14-16-27(17-15-20)22(28)9-8-18-30-21-12-10-19(11-13-21)24(3,4)5/h10-13,20H,6-9,14-18H2,1-5H3,(H,25,29). The molecule has 0 aromatic heterocycles. The van der Waals surface area contributed by atoms with Gasteiger partial charge in [-0.25, -0.2) is 4.79 Å². The number of urea groups is 1. The van der Waals surface area contributed by atoms with Gasteiger partial charge >= 0.3 is 6.03 Å². The van der Waals surface area contributed by atoms with E-state index in [1.165, 1.54) is 5.56 Å². The second kappa shape index (κ2) is 11.2. The van der Waals surface area contributed by atoms with Crippen LogP contribution in [-0.2, 0) is 10.2 Å². The molecule has 0 spiro atoms. The van der Waals surface area contributed by atoms with Gasteiger partial charge in [-0.3, -0.25) is 4.79 Å². The van der Waals surface area contributed by atoms with Crippen LogP contribution in [0.2, 0.25) is 0 Å². The van der Waals surface area contributed by atoms with E-state index in [2.05, 4.69) is 38.2 Å². The van der Waals surface area contributed by atoms with Crippen molar-refractivity contribution in [3.8, 4) is 5.75 Å². The van der Waals surface area contributed by atoms with E-state index in [9.17, 15) is 9.59 Å². The van der Waals surface area contributed by atoms with Gasteiger partial charge in [0.15, 0.2) is 0 Å². The summed E-state index contributed by atoms with van der Waals surface area (Å²) < 4.78 is 5.79. The maximum atomic E-state index is 12.5. The molecule has 1 fully saturated rings. The predicted molar refractivity (Wildman–Crippen MR) is 121 cm³/mol. The second-order valence-corrected chi connectivity index (χ2v) is 9.00. The molecule has 1 aliphatic rings. The van der Waals surface area contributed by atoms with Crippen LogP contribution in [0.4, 0.5) is 4.79 Å². The van der Waals surface area contributed by atoms with Crippen molar-refractivity contribution in [2.75, 3.05) is 32.8 Å². The maximum Gasteiger partial charge on any atom is 0.317 e. The molecule has 1 aromatic carbocycles. The van der Waals surface area contributed by atoms with Gasteiger partial charge in [-0.15, -0.1) is 0 Å². The van der Waals surface area contributed by atoms with Crippen LogP contribution in [0, 0.1) is 0 Å². The smallest absolute Gasteiger partial charge is 0.317 e. The quantitative estimate of drug-likeness (QED) is 0.645. The molecule has 0 unspecified atom stereocenters. The number of piperidine rings is 1. The van der Waals surface area contributed by atoms with Crippen molar-refractivity contribution in [1.29, 1.82) is 0 Å². The molecule has 1 aliphatic heterocycles. The van der Waals surface area contributed by atoms with Crippen molar-refractivity contribution in [2.24, 2.45) is 0 Å². The molecular weight excluding hydrogens is 378 g/mol. The van der Waals surface area contributed by atoms with Crippen molar-refractivity contribution >= 4 is 11.9 Å². The zero-order valence-electron chi connectivity index (χ0n) is 19.4.